The molecule has 1 rings (SSSR count). The highest BCUT2D eigenvalue weighted by Crippen LogP contribution is 1.99. The molecule has 1 aliphatic heterocycles. The third-order valence-corrected chi connectivity index (χ3v) is 1.11. The minimum Gasteiger partial charge on any atom is -0.352 e. The van der Waals surface area contributed by atoms with Gasteiger partial charge in [-0.2, -0.15) is 0 Å². The molecule has 1 aliphatic rings. The fourth-order valence-electron chi connectivity index (χ4n) is 0.709. The highest BCUT2D eigenvalue weighted by molar-refractivity contribution is 5.55. The van der Waals surface area contributed by atoms with E-state index in [1.54, 1.807) is 0 Å². The first-order valence-electron chi connectivity index (χ1n) is 2.67. The normalized spacial score (nSPS) is 37.6. The predicted octanol–water partition coefficient (Wildman–Crippen LogP) is -0.480. The molecule has 0 aromatic rings. The molecule has 0 radical (unpaired) electrons. The Kier molecular flexibility index (Phi) is 1.60. The molecule has 0 aromatic carbocycles. The summed E-state index contributed by atoms with van der Waals surface area (Å²) in [5.74, 6) is 0. The van der Waals surface area contributed by atoms with Crippen molar-refractivity contribution < 1.29 is 9.53 Å². The summed E-state index contributed by atoms with van der Waals surface area (Å²) in [7, 11) is 0. The van der Waals surface area contributed by atoms with Crippen LogP contribution in [0.2, 0.25) is 0 Å². The lowest BCUT2D eigenvalue weighted by Crippen LogP contribution is -2.23. The van der Waals surface area contributed by atoms with E-state index in [9.17, 15) is 4.79 Å². The monoisotopic (exact) mass is 115 g/mol. The number of rotatable bonds is 1. The van der Waals surface area contributed by atoms with E-state index in [0.717, 1.165) is 12.8 Å². The standard InChI is InChI=1S/C5H9NO2/c1-4-2-6-5(3-7)8-4/h3-6H,2H2,1H3/t4-,5?/m1/s1. The van der Waals surface area contributed by atoms with Crippen LogP contribution in [0, 0.1) is 0 Å². The number of hydrogen-bond acceptors (Lipinski definition) is 3. The maximum absolute atomic E-state index is 9.97. The van der Waals surface area contributed by atoms with E-state index in [2.05, 4.69) is 5.32 Å². The van der Waals surface area contributed by atoms with Crippen molar-refractivity contribution in [2.24, 2.45) is 0 Å². The Labute approximate surface area is 48.0 Å². The Hall–Kier alpha value is -0.410. The average Bonchev–Trinajstić information content (AvgIpc) is 2.14. The van der Waals surface area contributed by atoms with Crippen LogP contribution in [-0.4, -0.2) is 25.2 Å². The van der Waals surface area contributed by atoms with Gasteiger partial charge in [0.05, 0.1) is 6.10 Å². The zero-order chi connectivity index (χ0) is 5.98. The van der Waals surface area contributed by atoms with Gasteiger partial charge in [-0.15, -0.1) is 0 Å². The Morgan fingerprint density at radius 2 is 2.62 bits per heavy atom. The molecule has 1 unspecified atom stereocenters. The maximum Gasteiger partial charge on any atom is 0.165 e. The molecule has 8 heavy (non-hydrogen) atoms. The molecule has 0 amide bonds. The zero-order valence-electron chi connectivity index (χ0n) is 4.76. The Morgan fingerprint density at radius 3 is 2.88 bits per heavy atom. The summed E-state index contributed by atoms with van der Waals surface area (Å²) in [6.07, 6.45) is 0.596. The average molecular weight is 115 g/mol. The number of carbonyl (C=O) groups excluding carboxylic acids is 1. The van der Waals surface area contributed by atoms with Crippen LogP contribution >= 0.6 is 0 Å². The zero-order valence-corrected chi connectivity index (χ0v) is 4.76. The van der Waals surface area contributed by atoms with E-state index in [1.165, 1.54) is 0 Å². The van der Waals surface area contributed by atoms with Crippen LogP contribution in [0.15, 0.2) is 0 Å². The molecule has 3 heteroatoms. The molecule has 1 N–H and O–H groups in total. The van der Waals surface area contributed by atoms with Gasteiger partial charge >= 0.3 is 0 Å². The minimum atomic E-state index is -0.356. The summed E-state index contributed by atoms with van der Waals surface area (Å²) >= 11 is 0. The second kappa shape index (κ2) is 2.24. The molecule has 0 aliphatic carbocycles. The fraction of sp³-hybridized carbons (Fsp3) is 0.800. The summed E-state index contributed by atoms with van der Waals surface area (Å²) in [4.78, 5) is 9.97. The van der Waals surface area contributed by atoms with Crippen molar-refractivity contribution in [3.8, 4) is 0 Å². The molecule has 0 bridgehead atoms. The first-order valence-corrected chi connectivity index (χ1v) is 2.67. The van der Waals surface area contributed by atoms with E-state index in [0.29, 0.717) is 0 Å². The number of carbonyl (C=O) groups is 1. The topological polar surface area (TPSA) is 38.3 Å². The van der Waals surface area contributed by atoms with E-state index in [-0.39, 0.29) is 12.3 Å². The van der Waals surface area contributed by atoms with Crippen molar-refractivity contribution in [1.29, 1.82) is 0 Å². The molecular weight excluding hydrogens is 106 g/mol. The van der Waals surface area contributed by atoms with Gasteiger partial charge in [0.15, 0.2) is 12.5 Å². The first-order chi connectivity index (χ1) is 3.83. The molecule has 46 valence electrons. The van der Waals surface area contributed by atoms with Gasteiger partial charge in [0, 0.05) is 6.54 Å². The van der Waals surface area contributed by atoms with Crippen molar-refractivity contribution in [3.63, 3.8) is 0 Å². The van der Waals surface area contributed by atoms with Crippen molar-refractivity contribution in [1.82, 2.24) is 5.32 Å². The summed E-state index contributed by atoms with van der Waals surface area (Å²) in [6, 6.07) is 0. The van der Waals surface area contributed by atoms with Crippen molar-refractivity contribution >= 4 is 6.29 Å². The molecule has 0 saturated carbocycles. The van der Waals surface area contributed by atoms with Gasteiger partial charge in [0.2, 0.25) is 0 Å². The van der Waals surface area contributed by atoms with Gasteiger partial charge in [0.25, 0.3) is 0 Å². The van der Waals surface area contributed by atoms with Crippen LogP contribution in [0.3, 0.4) is 0 Å². The summed E-state index contributed by atoms with van der Waals surface area (Å²) in [5.41, 5.74) is 0. The molecule has 0 aromatic heterocycles. The van der Waals surface area contributed by atoms with Gasteiger partial charge in [-0.25, -0.2) is 0 Å². The van der Waals surface area contributed by atoms with Crippen LogP contribution in [0.4, 0.5) is 0 Å². The van der Waals surface area contributed by atoms with Gasteiger partial charge in [-0.1, -0.05) is 0 Å². The maximum atomic E-state index is 9.97. The van der Waals surface area contributed by atoms with Crippen molar-refractivity contribution in [3.05, 3.63) is 0 Å². The molecule has 1 heterocycles. The van der Waals surface area contributed by atoms with Gasteiger partial charge < -0.3 is 4.74 Å². The third kappa shape index (κ3) is 1.05. The lowest BCUT2D eigenvalue weighted by Gasteiger charge is -1.99. The summed E-state index contributed by atoms with van der Waals surface area (Å²) in [6.45, 7) is 2.71. The van der Waals surface area contributed by atoms with E-state index >= 15 is 0 Å². The number of aldehydes is 1. The van der Waals surface area contributed by atoms with E-state index < -0.39 is 0 Å². The van der Waals surface area contributed by atoms with E-state index in [1.807, 2.05) is 6.92 Å². The fourth-order valence-corrected chi connectivity index (χ4v) is 0.709. The third-order valence-electron chi connectivity index (χ3n) is 1.11. The molecule has 0 spiro atoms. The number of hydrogen-bond donors (Lipinski definition) is 1. The Morgan fingerprint density at radius 1 is 1.88 bits per heavy atom. The van der Waals surface area contributed by atoms with Crippen molar-refractivity contribution in [2.75, 3.05) is 6.54 Å². The molecular formula is C5H9NO2. The van der Waals surface area contributed by atoms with Gasteiger partial charge in [0.1, 0.15) is 0 Å². The quantitative estimate of drug-likeness (QED) is 0.469. The van der Waals surface area contributed by atoms with Crippen LogP contribution in [0.5, 0.6) is 0 Å². The second-order valence-corrected chi connectivity index (χ2v) is 1.91. The van der Waals surface area contributed by atoms with Crippen LogP contribution in [-0.2, 0) is 9.53 Å². The van der Waals surface area contributed by atoms with E-state index in [4.69, 9.17) is 4.74 Å². The summed E-state index contributed by atoms with van der Waals surface area (Å²) in [5, 5.41) is 2.87. The largest absolute Gasteiger partial charge is 0.352 e. The highest BCUT2D eigenvalue weighted by atomic mass is 16.5. The van der Waals surface area contributed by atoms with Crippen LogP contribution in [0.1, 0.15) is 6.92 Å². The smallest absolute Gasteiger partial charge is 0.165 e. The highest BCUT2D eigenvalue weighted by Gasteiger charge is 2.18. The minimum absolute atomic E-state index is 0.185. The number of ether oxygens (including phenoxy) is 1. The van der Waals surface area contributed by atoms with Gasteiger partial charge in [-0.3, -0.25) is 10.1 Å². The molecule has 1 saturated heterocycles. The molecule has 2 atom stereocenters. The Bertz CT molecular complexity index is 94.4. The lowest BCUT2D eigenvalue weighted by molar-refractivity contribution is -0.117. The predicted molar refractivity (Wildman–Crippen MR) is 28.4 cm³/mol. The van der Waals surface area contributed by atoms with Crippen molar-refractivity contribution in [2.45, 2.75) is 19.3 Å². The van der Waals surface area contributed by atoms with Crippen LogP contribution < -0.4 is 5.32 Å². The molecule has 1 fully saturated rings. The SMILES string of the molecule is C[C@@H]1CNC(C=O)O1. The first kappa shape index (κ1) is 5.72. The molecule has 3 nitrogen and oxygen atoms in total. The number of nitrogens with one attached hydrogen (secondary N) is 1. The Balaban J connectivity index is 2.32. The summed E-state index contributed by atoms with van der Waals surface area (Å²) < 4.78 is 5.03. The van der Waals surface area contributed by atoms with Gasteiger partial charge in [-0.05, 0) is 6.92 Å². The van der Waals surface area contributed by atoms with Crippen LogP contribution in [0.25, 0.3) is 0 Å². The lowest BCUT2D eigenvalue weighted by atomic mass is 10.4. The second-order valence-electron chi connectivity index (χ2n) is 1.91.